The molecule has 2 aromatic carbocycles. The summed E-state index contributed by atoms with van der Waals surface area (Å²) in [7, 11) is 0. The molecule has 0 spiro atoms. The Bertz CT molecular complexity index is 963. The van der Waals surface area contributed by atoms with Gasteiger partial charge in [-0.2, -0.15) is 0 Å². The van der Waals surface area contributed by atoms with E-state index >= 15 is 0 Å². The van der Waals surface area contributed by atoms with Crippen LogP contribution in [0.1, 0.15) is 31.1 Å². The molecule has 0 aliphatic heterocycles. The van der Waals surface area contributed by atoms with Gasteiger partial charge in [-0.1, -0.05) is 42.5 Å². The number of oxazole rings is 1. The predicted molar refractivity (Wildman–Crippen MR) is 106 cm³/mol. The molecule has 1 amide bonds. The summed E-state index contributed by atoms with van der Waals surface area (Å²) in [5, 5.41) is 2.72. The van der Waals surface area contributed by atoms with Gasteiger partial charge in [0.05, 0.1) is 17.3 Å². The summed E-state index contributed by atoms with van der Waals surface area (Å²) in [6.07, 6.45) is 0.707. The molecule has 144 valence electrons. The van der Waals surface area contributed by atoms with Crippen LogP contribution >= 0.6 is 0 Å². The maximum Gasteiger partial charge on any atom is 0.339 e. The van der Waals surface area contributed by atoms with Gasteiger partial charge in [0.2, 0.25) is 5.89 Å². The fourth-order valence-corrected chi connectivity index (χ4v) is 2.66. The van der Waals surface area contributed by atoms with Crippen LogP contribution in [0.3, 0.4) is 0 Å². The molecule has 6 nitrogen and oxygen atoms in total. The third-order valence-corrected chi connectivity index (χ3v) is 4.03. The lowest BCUT2D eigenvalue weighted by Gasteiger charge is -2.16. The molecule has 0 aliphatic rings. The van der Waals surface area contributed by atoms with E-state index in [2.05, 4.69) is 10.3 Å². The van der Waals surface area contributed by atoms with Crippen LogP contribution in [0.2, 0.25) is 0 Å². The molecule has 0 aliphatic carbocycles. The van der Waals surface area contributed by atoms with E-state index in [1.807, 2.05) is 44.2 Å². The number of ether oxygens (including phenoxy) is 1. The monoisotopic (exact) mass is 378 g/mol. The molecule has 0 bridgehead atoms. The number of rotatable bonds is 6. The molecule has 3 aromatic rings. The van der Waals surface area contributed by atoms with Gasteiger partial charge >= 0.3 is 5.97 Å². The normalized spacial score (nSPS) is 11.9. The maximum absolute atomic E-state index is 12.6. The lowest BCUT2D eigenvalue weighted by molar-refractivity contribution is -0.129. The number of nitrogens with zero attached hydrogens (tertiary/aromatic N) is 1. The summed E-state index contributed by atoms with van der Waals surface area (Å²) in [5.74, 6) is -0.0427. The molecule has 6 heteroatoms. The van der Waals surface area contributed by atoms with E-state index in [9.17, 15) is 9.59 Å². The molecule has 0 saturated heterocycles. The van der Waals surface area contributed by atoms with Crippen molar-refractivity contribution in [1.29, 1.82) is 0 Å². The summed E-state index contributed by atoms with van der Waals surface area (Å²) in [4.78, 5) is 29.0. The Morgan fingerprint density at radius 3 is 2.39 bits per heavy atom. The predicted octanol–water partition coefficient (Wildman–Crippen LogP) is 4.08. The summed E-state index contributed by atoms with van der Waals surface area (Å²) in [6, 6.07) is 16.4. The Morgan fingerprint density at radius 2 is 1.68 bits per heavy atom. The Kier molecular flexibility index (Phi) is 5.89. The lowest BCUT2D eigenvalue weighted by Crippen LogP contribution is -2.39. The van der Waals surface area contributed by atoms with Crippen molar-refractivity contribution in [3.05, 3.63) is 66.4 Å². The fourth-order valence-electron chi connectivity index (χ4n) is 2.66. The number of carbonyl (C=O) groups is 2. The van der Waals surface area contributed by atoms with E-state index in [1.165, 1.54) is 6.92 Å². The molecule has 28 heavy (non-hydrogen) atoms. The van der Waals surface area contributed by atoms with Crippen LogP contribution in [0.4, 0.5) is 0 Å². The second-order valence-corrected chi connectivity index (χ2v) is 6.65. The zero-order chi connectivity index (χ0) is 20.1. The van der Waals surface area contributed by atoms with Crippen LogP contribution in [0.25, 0.3) is 22.8 Å². The Labute approximate surface area is 163 Å². The number of amides is 1. The first-order chi connectivity index (χ1) is 13.5. The molecule has 0 unspecified atom stereocenters. The summed E-state index contributed by atoms with van der Waals surface area (Å²) in [5.41, 5.74) is 1.68. The minimum absolute atomic E-state index is 0.0373. The Hall–Kier alpha value is -3.41. The van der Waals surface area contributed by atoms with Crippen LogP contribution in [-0.4, -0.2) is 29.0 Å². The van der Waals surface area contributed by atoms with Gasteiger partial charge in [-0.25, -0.2) is 9.78 Å². The molecule has 0 radical (unpaired) electrons. The second-order valence-electron chi connectivity index (χ2n) is 6.65. The molecular formula is C22H22N2O4. The van der Waals surface area contributed by atoms with Crippen LogP contribution in [0.15, 0.2) is 65.2 Å². The molecule has 0 fully saturated rings. The highest BCUT2D eigenvalue weighted by Gasteiger charge is 2.23. The van der Waals surface area contributed by atoms with Crippen molar-refractivity contribution in [2.24, 2.45) is 0 Å². The first-order valence-corrected chi connectivity index (χ1v) is 9.07. The highest BCUT2D eigenvalue weighted by atomic mass is 16.5. The van der Waals surface area contributed by atoms with Crippen molar-refractivity contribution in [2.45, 2.75) is 32.9 Å². The molecule has 1 N–H and O–H groups in total. The highest BCUT2D eigenvalue weighted by molar-refractivity contribution is 5.97. The summed E-state index contributed by atoms with van der Waals surface area (Å²) in [6.45, 7) is 5.22. The summed E-state index contributed by atoms with van der Waals surface area (Å²) < 4.78 is 11.2. The minimum atomic E-state index is -0.910. The van der Waals surface area contributed by atoms with E-state index < -0.39 is 12.1 Å². The fraction of sp³-hybridized carbons (Fsp3) is 0.227. The van der Waals surface area contributed by atoms with E-state index in [0.717, 1.165) is 5.56 Å². The number of aromatic nitrogens is 1. The van der Waals surface area contributed by atoms with Gasteiger partial charge in [0.15, 0.2) is 11.9 Å². The molecule has 1 aromatic heterocycles. The van der Waals surface area contributed by atoms with Crippen molar-refractivity contribution in [3.8, 4) is 22.8 Å². The number of carbonyl (C=O) groups excluding carboxylic acids is 2. The van der Waals surface area contributed by atoms with Crippen molar-refractivity contribution in [2.75, 3.05) is 0 Å². The van der Waals surface area contributed by atoms with E-state index in [1.54, 1.807) is 30.5 Å². The van der Waals surface area contributed by atoms with Crippen LogP contribution in [0, 0.1) is 0 Å². The van der Waals surface area contributed by atoms with Gasteiger partial charge in [-0.3, -0.25) is 4.79 Å². The standard InChI is InChI=1S/C22H22N2O4/c1-14(2)24-20(25)15(3)27-22(26)18-12-8-7-11-17(18)21-23-13-19(28-21)16-9-5-4-6-10-16/h4-15H,1-3H3,(H,24,25)/t15-/m0/s1. The van der Waals surface area contributed by atoms with Crippen molar-refractivity contribution in [1.82, 2.24) is 10.3 Å². The zero-order valence-corrected chi connectivity index (χ0v) is 16.0. The summed E-state index contributed by atoms with van der Waals surface area (Å²) >= 11 is 0. The zero-order valence-electron chi connectivity index (χ0n) is 16.0. The van der Waals surface area contributed by atoms with Crippen LogP contribution in [-0.2, 0) is 9.53 Å². The third-order valence-electron chi connectivity index (χ3n) is 4.03. The number of esters is 1. The average Bonchev–Trinajstić information content (AvgIpc) is 3.18. The van der Waals surface area contributed by atoms with Crippen molar-refractivity contribution < 1.29 is 18.7 Å². The van der Waals surface area contributed by atoms with Crippen LogP contribution < -0.4 is 5.32 Å². The van der Waals surface area contributed by atoms with Crippen molar-refractivity contribution >= 4 is 11.9 Å². The highest BCUT2D eigenvalue weighted by Crippen LogP contribution is 2.28. The van der Waals surface area contributed by atoms with Gasteiger partial charge in [-0.05, 0) is 32.9 Å². The van der Waals surface area contributed by atoms with Gasteiger partial charge < -0.3 is 14.5 Å². The first kappa shape index (κ1) is 19.4. The van der Waals surface area contributed by atoms with Gasteiger partial charge in [0, 0.05) is 11.6 Å². The van der Waals surface area contributed by atoms with E-state index in [-0.39, 0.29) is 17.5 Å². The maximum atomic E-state index is 12.6. The second kappa shape index (κ2) is 8.52. The largest absolute Gasteiger partial charge is 0.449 e. The number of benzene rings is 2. The van der Waals surface area contributed by atoms with Crippen LogP contribution in [0.5, 0.6) is 0 Å². The average molecular weight is 378 g/mol. The van der Waals surface area contributed by atoms with E-state index in [4.69, 9.17) is 9.15 Å². The quantitative estimate of drug-likeness (QED) is 0.654. The van der Waals surface area contributed by atoms with Gasteiger partial charge in [0.25, 0.3) is 5.91 Å². The SMILES string of the molecule is CC(C)NC(=O)[C@H](C)OC(=O)c1ccccc1-c1ncc(-c2ccccc2)o1. The van der Waals surface area contributed by atoms with E-state index in [0.29, 0.717) is 17.2 Å². The van der Waals surface area contributed by atoms with Gasteiger partial charge in [0.1, 0.15) is 0 Å². The topological polar surface area (TPSA) is 81.4 Å². The molecule has 0 saturated carbocycles. The lowest BCUT2D eigenvalue weighted by atomic mass is 10.1. The minimum Gasteiger partial charge on any atom is -0.449 e. The number of hydrogen-bond donors (Lipinski definition) is 1. The Morgan fingerprint density at radius 1 is 1.00 bits per heavy atom. The number of nitrogens with one attached hydrogen (secondary N) is 1. The molecule has 3 rings (SSSR count). The van der Waals surface area contributed by atoms with Gasteiger partial charge in [-0.15, -0.1) is 0 Å². The molecule has 1 heterocycles. The smallest absolute Gasteiger partial charge is 0.339 e. The molecular weight excluding hydrogens is 356 g/mol. The Balaban J connectivity index is 1.83. The number of hydrogen-bond acceptors (Lipinski definition) is 5. The molecule has 1 atom stereocenters. The van der Waals surface area contributed by atoms with Crippen molar-refractivity contribution in [3.63, 3.8) is 0 Å². The third kappa shape index (κ3) is 4.46. The first-order valence-electron chi connectivity index (χ1n) is 9.07.